The van der Waals surface area contributed by atoms with Gasteiger partial charge in [-0.1, -0.05) is 15.9 Å². The second kappa shape index (κ2) is 5.14. The van der Waals surface area contributed by atoms with E-state index >= 15 is 0 Å². The topological polar surface area (TPSA) is 55.7 Å². The maximum Gasteiger partial charge on any atom is 0.304 e. The van der Waals surface area contributed by atoms with Gasteiger partial charge < -0.3 is 4.74 Å². The Labute approximate surface area is 66.4 Å². The number of hydrogen-bond donors (Lipinski definition) is 0. The summed E-state index contributed by atoms with van der Waals surface area (Å²) >= 11 is 3.00. The number of nitrogens with zero attached hydrogens (tertiary/aromatic N) is 1. The largest absolute Gasteiger partial charge is 0.438 e. The molecule has 0 amide bonds. The van der Waals surface area contributed by atoms with Crippen molar-refractivity contribution in [1.82, 2.24) is 0 Å². The van der Waals surface area contributed by atoms with Gasteiger partial charge in [0.25, 0.3) is 0 Å². The van der Waals surface area contributed by atoms with Crippen molar-refractivity contribution in [2.24, 2.45) is 4.99 Å². The highest BCUT2D eigenvalue weighted by molar-refractivity contribution is 9.09. The fourth-order valence-corrected chi connectivity index (χ4v) is 0.620. The number of aliphatic imine (C=N–C) groups is 1. The van der Waals surface area contributed by atoms with Crippen molar-refractivity contribution in [3.8, 4) is 0 Å². The first-order valence-corrected chi connectivity index (χ1v) is 3.63. The zero-order valence-electron chi connectivity index (χ0n) is 5.33. The van der Waals surface area contributed by atoms with E-state index in [2.05, 4.69) is 25.7 Å². The second-order valence-electron chi connectivity index (χ2n) is 1.44. The van der Waals surface area contributed by atoms with Gasteiger partial charge in [-0.25, -0.2) is 4.79 Å². The van der Waals surface area contributed by atoms with Gasteiger partial charge in [-0.05, 0) is 0 Å². The zero-order chi connectivity index (χ0) is 7.98. The van der Waals surface area contributed by atoms with Crippen LogP contribution < -0.4 is 0 Å². The van der Waals surface area contributed by atoms with Gasteiger partial charge in [0.05, 0.1) is 5.33 Å². The highest BCUT2D eigenvalue weighted by Gasteiger charge is 2.06. The van der Waals surface area contributed by atoms with Crippen molar-refractivity contribution in [3.63, 3.8) is 0 Å². The molecular weight excluding hydrogens is 202 g/mol. The van der Waals surface area contributed by atoms with E-state index in [0.29, 0.717) is 5.33 Å². The Bertz CT molecular complexity index is 164. The van der Waals surface area contributed by atoms with Crippen molar-refractivity contribution >= 4 is 28.0 Å². The minimum atomic E-state index is -0.741. The summed E-state index contributed by atoms with van der Waals surface area (Å²) in [6.07, 6.45) is 0.551. The Morgan fingerprint density at radius 3 is 2.80 bits per heavy atom. The first kappa shape index (κ1) is 9.33. The molecule has 0 bridgehead atoms. The highest BCUT2D eigenvalue weighted by Crippen LogP contribution is 1.97. The van der Waals surface area contributed by atoms with Crippen LogP contribution in [0.5, 0.6) is 0 Å². The Morgan fingerprint density at radius 2 is 2.50 bits per heavy atom. The molecule has 1 unspecified atom stereocenters. The van der Waals surface area contributed by atoms with Crippen molar-refractivity contribution in [1.29, 1.82) is 0 Å². The van der Waals surface area contributed by atoms with Crippen LogP contribution in [-0.2, 0) is 14.3 Å². The Balaban J connectivity index is 3.82. The van der Waals surface area contributed by atoms with Crippen molar-refractivity contribution < 1.29 is 14.3 Å². The van der Waals surface area contributed by atoms with E-state index in [1.165, 1.54) is 13.0 Å². The predicted octanol–water partition coefficient (Wildman–Crippen LogP) is 0.606. The minimum Gasteiger partial charge on any atom is -0.438 e. The van der Waals surface area contributed by atoms with Gasteiger partial charge in [0, 0.05) is 6.92 Å². The lowest BCUT2D eigenvalue weighted by Crippen LogP contribution is -2.14. The highest BCUT2D eigenvalue weighted by atomic mass is 79.9. The standard InChI is InChI=1S/C5H6BrNO3/c1-4(9)10-5(2-6)7-3-8/h5H,2H2,1H3. The molecule has 0 N–H and O–H groups in total. The number of hydrogen-bond acceptors (Lipinski definition) is 4. The van der Waals surface area contributed by atoms with E-state index < -0.39 is 12.2 Å². The number of alkyl halides is 1. The molecule has 0 rings (SSSR count). The normalized spacial score (nSPS) is 11.4. The summed E-state index contributed by atoms with van der Waals surface area (Å²) in [6.45, 7) is 1.25. The Hall–Kier alpha value is -0.670. The van der Waals surface area contributed by atoms with Crippen LogP contribution in [0, 0.1) is 0 Å². The summed E-state index contributed by atoms with van der Waals surface area (Å²) < 4.78 is 4.52. The van der Waals surface area contributed by atoms with E-state index in [1.807, 2.05) is 0 Å². The van der Waals surface area contributed by atoms with Gasteiger partial charge >= 0.3 is 5.97 Å². The predicted molar refractivity (Wildman–Crippen MR) is 37.5 cm³/mol. The molecule has 1 atom stereocenters. The molecule has 0 saturated heterocycles. The minimum absolute atomic E-state index is 0.307. The average Bonchev–Trinajstić information content (AvgIpc) is 1.86. The average molecular weight is 208 g/mol. The van der Waals surface area contributed by atoms with E-state index in [9.17, 15) is 9.59 Å². The van der Waals surface area contributed by atoms with E-state index in [4.69, 9.17) is 0 Å². The van der Waals surface area contributed by atoms with Gasteiger partial charge in [0.1, 0.15) is 0 Å². The van der Waals surface area contributed by atoms with E-state index in [-0.39, 0.29) is 0 Å². The van der Waals surface area contributed by atoms with E-state index in [0.717, 1.165) is 0 Å². The third-order valence-electron chi connectivity index (χ3n) is 0.631. The SMILES string of the molecule is CC(=O)OC(CBr)N=C=O. The number of ether oxygens (including phenoxy) is 1. The van der Waals surface area contributed by atoms with E-state index in [1.54, 1.807) is 0 Å². The Morgan fingerprint density at radius 1 is 1.90 bits per heavy atom. The van der Waals surface area contributed by atoms with Gasteiger partial charge in [-0.2, -0.15) is 4.99 Å². The molecule has 0 aromatic rings. The molecule has 0 aliphatic rings. The molecule has 5 heteroatoms. The molecule has 0 radical (unpaired) electrons. The zero-order valence-corrected chi connectivity index (χ0v) is 6.92. The fraction of sp³-hybridized carbons (Fsp3) is 0.600. The fourth-order valence-electron chi connectivity index (χ4n) is 0.343. The lowest BCUT2D eigenvalue weighted by molar-refractivity contribution is -0.144. The molecule has 0 aromatic heterocycles. The van der Waals surface area contributed by atoms with Crippen LogP contribution in [-0.4, -0.2) is 23.6 Å². The molecule has 0 aliphatic carbocycles. The molecule has 0 spiro atoms. The van der Waals surface area contributed by atoms with Gasteiger partial charge in [0.15, 0.2) is 0 Å². The number of carbonyl (C=O) groups is 1. The lowest BCUT2D eigenvalue weighted by Gasteiger charge is -2.04. The van der Waals surface area contributed by atoms with Crippen molar-refractivity contribution in [3.05, 3.63) is 0 Å². The third-order valence-corrected chi connectivity index (χ3v) is 1.18. The summed E-state index contributed by atoms with van der Waals surface area (Å²) in [6, 6.07) is 0. The van der Waals surface area contributed by atoms with Crippen LogP contribution in [0.3, 0.4) is 0 Å². The smallest absolute Gasteiger partial charge is 0.304 e. The van der Waals surface area contributed by atoms with Crippen LogP contribution in [0.15, 0.2) is 4.99 Å². The number of carbonyl (C=O) groups excluding carboxylic acids is 2. The van der Waals surface area contributed by atoms with Gasteiger partial charge in [-0.3, -0.25) is 4.79 Å². The number of esters is 1. The maximum atomic E-state index is 10.3. The third kappa shape index (κ3) is 4.23. The summed E-state index contributed by atoms with van der Waals surface area (Å²) in [5.74, 6) is -0.469. The first-order chi connectivity index (χ1) is 4.70. The summed E-state index contributed by atoms with van der Waals surface area (Å²) in [5, 5.41) is 0.307. The molecule has 56 valence electrons. The summed E-state index contributed by atoms with van der Waals surface area (Å²) in [5.41, 5.74) is 0. The van der Waals surface area contributed by atoms with Gasteiger partial charge in [-0.15, -0.1) is 0 Å². The van der Waals surface area contributed by atoms with Crippen LogP contribution >= 0.6 is 15.9 Å². The molecule has 0 aromatic carbocycles. The second-order valence-corrected chi connectivity index (χ2v) is 2.09. The molecule has 0 saturated carbocycles. The van der Waals surface area contributed by atoms with Crippen molar-refractivity contribution in [2.45, 2.75) is 13.2 Å². The first-order valence-electron chi connectivity index (χ1n) is 2.51. The molecule has 0 fully saturated rings. The lowest BCUT2D eigenvalue weighted by atomic mass is 10.6. The number of isocyanates is 1. The molecule has 0 heterocycles. The van der Waals surface area contributed by atoms with Crippen LogP contribution in [0.2, 0.25) is 0 Å². The summed E-state index contributed by atoms with van der Waals surface area (Å²) in [4.78, 5) is 23.1. The van der Waals surface area contributed by atoms with Crippen molar-refractivity contribution in [2.75, 3.05) is 5.33 Å². The van der Waals surface area contributed by atoms with Crippen LogP contribution in [0.4, 0.5) is 0 Å². The quantitative estimate of drug-likeness (QED) is 0.295. The number of rotatable bonds is 3. The van der Waals surface area contributed by atoms with Crippen LogP contribution in [0.1, 0.15) is 6.92 Å². The summed E-state index contributed by atoms with van der Waals surface area (Å²) in [7, 11) is 0. The molecule has 4 nitrogen and oxygen atoms in total. The number of halogens is 1. The molecule has 0 aliphatic heterocycles. The molecular formula is C5H6BrNO3. The molecule has 10 heavy (non-hydrogen) atoms. The maximum absolute atomic E-state index is 10.3. The van der Waals surface area contributed by atoms with Crippen LogP contribution in [0.25, 0.3) is 0 Å². The van der Waals surface area contributed by atoms with Gasteiger partial charge in [0.2, 0.25) is 12.3 Å². The monoisotopic (exact) mass is 207 g/mol. The Kier molecular flexibility index (Phi) is 4.80.